The summed E-state index contributed by atoms with van der Waals surface area (Å²) >= 11 is 0. The fourth-order valence-corrected chi connectivity index (χ4v) is 1.46. The van der Waals surface area contributed by atoms with Gasteiger partial charge in [-0.15, -0.1) is 0 Å². The Morgan fingerprint density at radius 1 is 1.26 bits per heavy atom. The Kier molecular flexibility index (Phi) is 4.13. The summed E-state index contributed by atoms with van der Waals surface area (Å²) < 4.78 is 10.2. The van der Waals surface area contributed by atoms with Crippen LogP contribution in [-0.2, 0) is 4.74 Å². The largest absolute Gasteiger partial charge is 0.458 e. The van der Waals surface area contributed by atoms with E-state index < -0.39 is 5.97 Å². The van der Waals surface area contributed by atoms with E-state index in [-0.39, 0.29) is 11.8 Å². The Morgan fingerprint density at radius 3 is 2.68 bits per heavy atom. The van der Waals surface area contributed by atoms with Gasteiger partial charge >= 0.3 is 5.97 Å². The Morgan fingerprint density at radius 2 is 2.00 bits per heavy atom. The average Bonchev–Trinajstić information content (AvgIpc) is 2.86. The molecule has 0 atom stereocenters. The molecule has 0 aliphatic rings. The van der Waals surface area contributed by atoms with E-state index in [2.05, 4.69) is 4.98 Å². The van der Waals surface area contributed by atoms with Crippen molar-refractivity contribution in [3.63, 3.8) is 0 Å². The maximum Gasteiger partial charge on any atom is 0.360 e. The smallest absolute Gasteiger partial charge is 0.360 e. The molecule has 0 spiro atoms. The molecule has 0 N–H and O–H groups in total. The Balaban J connectivity index is 2.05. The molecule has 0 saturated carbocycles. The van der Waals surface area contributed by atoms with Gasteiger partial charge in [0, 0.05) is 6.08 Å². The number of carbonyl (C=O) groups is 1. The predicted octanol–water partition coefficient (Wildman–Crippen LogP) is 3.41. The van der Waals surface area contributed by atoms with Crippen molar-refractivity contribution in [3.8, 4) is 0 Å². The first kappa shape index (κ1) is 13.1. The fraction of sp³-hybridized carbons (Fsp3) is 0.200. The van der Waals surface area contributed by atoms with Crippen LogP contribution in [0, 0.1) is 0 Å². The predicted molar refractivity (Wildman–Crippen MR) is 72.4 cm³/mol. The average molecular weight is 257 g/mol. The van der Waals surface area contributed by atoms with Crippen molar-refractivity contribution in [1.82, 2.24) is 4.98 Å². The first-order chi connectivity index (χ1) is 9.15. The molecule has 0 saturated heterocycles. The quantitative estimate of drug-likeness (QED) is 0.787. The SMILES string of the molecule is CC(C)OC(=O)c1coc(/C=C/c2ccccc2)n1. The summed E-state index contributed by atoms with van der Waals surface area (Å²) in [7, 11) is 0. The van der Waals surface area contributed by atoms with Crippen molar-refractivity contribution in [2.24, 2.45) is 0 Å². The highest BCUT2D eigenvalue weighted by molar-refractivity contribution is 5.87. The highest BCUT2D eigenvalue weighted by Gasteiger charge is 2.13. The summed E-state index contributed by atoms with van der Waals surface area (Å²) in [6.45, 7) is 3.57. The van der Waals surface area contributed by atoms with Gasteiger partial charge in [0.05, 0.1) is 6.10 Å². The third-order valence-corrected chi connectivity index (χ3v) is 2.29. The summed E-state index contributed by atoms with van der Waals surface area (Å²) in [4.78, 5) is 15.6. The minimum Gasteiger partial charge on any atom is -0.458 e. The third kappa shape index (κ3) is 3.81. The fourth-order valence-electron chi connectivity index (χ4n) is 1.46. The molecule has 0 bridgehead atoms. The van der Waals surface area contributed by atoms with Crippen LogP contribution >= 0.6 is 0 Å². The van der Waals surface area contributed by atoms with Crippen LogP contribution in [0.15, 0.2) is 41.0 Å². The first-order valence-electron chi connectivity index (χ1n) is 6.05. The lowest BCUT2D eigenvalue weighted by Crippen LogP contribution is -2.11. The van der Waals surface area contributed by atoms with Gasteiger partial charge in [-0.3, -0.25) is 0 Å². The van der Waals surface area contributed by atoms with Crippen LogP contribution in [0.4, 0.5) is 0 Å². The van der Waals surface area contributed by atoms with Gasteiger partial charge in [-0.2, -0.15) is 0 Å². The number of oxazole rings is 1. The van der Waals surface area contributed by atoms with Crippen LogP contribution < -0.4 is 0 Å². The van der Waals surface area contributed by atoms with E-state index in [1.165, 1.54) is 6.26 Å². The molecule has 4 nitrogen and oxygen atoms in total. The third-order valence-electron chi connectivity index (χ3n) is 2.29. The van der Waals surface area contributed by atoms with Gasteiger partial charge in [0.25, 0.3) is 0 Å². The standard InChI is InChI=1S/C15H15NO3/c1-11(2)19-15(17)13-10-18-14(16-13)9-8-12-6-4-3-5-7-12/h3-11H,1-2H3/b9-8+. The van der Waals surface area contributed by atoms with E-state index in [9.17, 15) is 4.79 Å². The Hall–Kier alpha value is -2.36. The van der Waals surface area contributed by atoms with E-state index in [0.29, 0.717) is 5.89 Å². The second-order valence-electron chi connectivity index (χ2n) is 4.27. The van der Waals surface area contributed by atoms with E-state index in [0.717, 1.165) is 5.56 Å². The van der Waals surface area contributed by atoms with Crippen molar-refractivity contribution < 1.29 is 13.9 Å². The van der Waals surface area contributed by atoms with Crippen LogP contribution in [0.25, 0.3) is 12.2 Å². The van der Waals surface area contributed by atoms with Gasteiger partial charge in [-0.25, -0.2) is 9.78 Å². The molecule has 2 rings (SSSR count). The monoisotopic (exact) mass is 257 g/mol. The molecule has 1 aromatic heterocycles. The van der Waals surface area contributed by atoms with Gasteiger partial charge in [0.1, 0.15) is 6.26 Å². The molecule has 0 aliphatic carbocycles. The zero-order valence-corrected chi connectivity index (χ0v) is 10.9. The minimum atomic E-state index is -0.474. The van der Waals surface area contributed by atoms with Crippen LogP contribution in [-0.4, -0.2) is 17.1 Å². The summed E-state index contributed by atoms with van der Waals surface area (Å²) in [5.41, 5.74) is 1.22. The van der Waals surface area contributed by atoms with Crippen LogP contribution in [0.2, 0.25) is 0 Å². The number of carbonyl (C=O) groups excluding carboxylic acids is 1. The molecule has 0 fully saturated rings. The Labute approximate surface area is 111 Å². The summed E-state index contributed by atoms with van der Waals surface area (Å²) in [5.74, 6) is -0.0994. The first-order valence-corrected chi connectivity index (χ1v) is 6.05. The van der Waals surface area contributed by atoms with Gasteiger partial charge in [-0.05, 0) is 25.5 Å². The number of hydrogen-bond donors (Lipinski definition) is 0. The molecule has 0 radical (unpaired) electrons. The van der Waals surface area contributed by atoms with E-state index in [4.69, 9.17) is 9.15 Å². The van der Waals surface area contributed by atoms with Gasteiger partial charge in [0.15, 0.2) is 5.69 Å². The van der Waals surface area contributed by atoms with Gasteiger partial charge < -0.3 is 9.15 Å². The molecule has 1 aromatic carbocycles. The lowest BCUT2D eigenvalue weighted by atomic mass is 10.2. The zero-order valence-electron chi connectivity index (χ0n) is 10.9. The normalized spacial score (nSPS) is 11.1. The van der Waals surface area contributed by atoms with Crippen molar-refractivity contribution in [1.29, 1.82) is 0 Å². The van der Waals surface area contributed by atoms with Crippen molar-refractivity contribution >= 4 is 18.1 Å². The number of rotatable bonds is 4. The number of hydrogen-bond acceptors (Lipinski definition) is 4. The topological polar surface area (TPSA) is 52.3 Å². The number of ether oxygens (including phenoxy) is 1. The van der Waals surface area contributed by atoms with Gasteiger partial charge in [0.2, 0.25) is 5.89 Å². The maximum absolute atomic E-state index is 11.6. The second-order valence-corrected chi connectivity index (χ2v) is 4.27. The zero-order chi connectivity index (χ0) is 13.7. The highest BCUT2D eigenvalue weighted by atomic mass is 16.5. The van der Waals surface area contributed by atoms with E-state index >= 15 is 0 Å². The molecular formula is C15H15NO3. The molecule has 98 valence electrons. The Bertz CT molecular complexity index is 570. The summed E-state index contributed by atoms with van der Waals surface area (Å²) in [6, 6.07) is 9.77. The lowest BCUT2D eigenvalue weighted by molar-refractivity contribution is 0.0371. The summed E-state index contributed by atoms with van der Waals surface area (Å²) in [5, 5.41) is 0. The molecule has 0 aliphatic heterocycles. The lowest BCUT2D eigenvalue weighted by Gasteiger charge is -2.04. The number of nitrogens with zero attached hydrogens (tertiary/aromatic N) is 1. The minimum absolute atomic E-state index is 0.174. The number of aromatic nitrogens is 1. The molecule has 0 unspecified atom stereocenters. The second kappa shape index (κ2) is 6.00. The van der Waals surface area contributed by atoms with Crippen molar-refractivity contribution in [2.45, 2.75) is 20.0 Å². The molecule has 0 amide bonds. The molecule has 4 heteroatoms. The van der Waals surface area contributed by atoms with E-state index in [1.54, 1.807) is 19.9 Å². The number of benzene rings is 1. The van der Waals surface area contributed by atoms with Crippen LogP contribution in [0.3, 0.4) is 0 Å². The number of esters is 1. The van der Waals surface area contributed by atoms with E-state index in [1.807, 2.05) is 36.4 Å². The molecule has 1 heterocycles. The molecule has 2 aromatic rings. The maximum atomic E-state index is 11.6. The van der Waals surface area contributed by atoms with Crippen molar-refractivity contribution in [3.05, 3.63) is 53.7 Å². The van der Waals surface area contributed by atoms with Crippen molar-refractivity contribution in [2.75, 3.05) is 0 Å². The van der Waals surface area contributed by atoms with Crippen LogP contribution in [0.1, 0.15) is 35.8 Å². The molecular weight excluding hydrogens is 242 g/mol. The highest BCUT2D eigenvalue weighted by Crippen LogP contribution is 2.09. The summed E-state index contributed by atoms with van der Waals surface area (Å²) in [6.07, 6.45) is 4.70. The molecule has 19 heavy (non-hydrogen) atoms. The van der Waals surface area contributed by atoms with Crippen LogP contribution in [0.5, 0.6) is 0 Å². The van der Waals surface area contributed by atoms with Gasteiger partial charge in [-0.1, -0.05) is 30.3 Å².